The standard InChI is InChI=1S/C18H17N3O2S/c1-10-19-16(15-13-7-4-8-14(13)24-17(15)20-10)21-12-6-3-5-11(9-12)18(22)23-2/h3,5-6,9H,4,7-8H2,1-2H3,(H,19,20,21). The van der Waals surface area contributed by atoms with Crippen LogP contribution in [-0.4, -0.2) is 23.0 Å². The van der Waals surface area contributed by atoms with E-state index in [0.717, 1.165) is 40.4 Å². The number of esters is 1. The second kappa shape index (κ2) is 5.87. The smallest absolute Gasteiger partial charge is 0.337 e. The lowest BCUT2D eigenvalue weighted by Gasteiger charge is -2.10. The Balaban J connectivity index is 1.79. The molecule has 0 spiro atoms. The first-order chi connectivity index (χ1) is 11.7. The number of methoxy groups -OCH3 is 1. The van der Waals surface area contributed by atoms with Crippen LogP contribution >= 0.6 is 11.3 Å². The molecule has 2 heterocycles. The number of nitrogens with zero attached hydrogens (tertiary/aromatic N) is 2. The predicted octanol–water partition coefficient (Wildman–Crippen LogP) is 4.02. The lowest BCUT2D eigenvalue weighted by molar-refractivity contribution is 0.0601. The Kier molecular flexibility index (Phi) is 3.69. The average molecular weight is 339 g/mol. The zero-order chi connectivity index (χ0) is 16.7. The van der Waals surface area contributed by atoms with Gasteiger partial charge in [-0.3, -0.25) is 0 Å². The monoisotopic (exact) mass is 339 g/mol. The van der Waals surface area contributed by atoms with Gasteiger partial charge in [-0.1, -0.05) is 6.07 Å². The normalized spacial score (nSPS) is 13.1. The maximum absolute atomic E-state index is 11.7. The maximum atomic E-state index is 11.7. The molecule has 2 aromatic heterocycles. The first-order valence-corrected chi connectivity index (χ1v) is 8.71. The molecule has 1 N–H and O–H groups in total. The van der Waals surface area contributed by atoms with Gasteiger partial charge in [0.1, 0.15) is 16.5 Å². The number of anilines is 2. The number of ether oxygens (including phenoxy) is 1. The van der Waals surface area contributed by atoms with E-state index in [2.05, 4.69) is 15.3 Å². The van der Waals surface area contributed by atoms with Gasteiger partial charge in [-0.15, -0.1) is 11.3 Å². The Morgan fingerprint density at radius 2 is 2.17 bits per heavy atom. The quantitative estimate of drug-likeness (QED) is 0.730. The van der Waals surface area contributed by atoms with Gasteiger partial charge in [-0.05, 0) is 49.9 Å². The molecule has 0 amide bonds. The van der Waals surface area contributed by atoms with Gasteiger partial charge in [0.05, 0.1) is 18.1 Å². The summed E-state index contributed by atoms with van der Waals surface area (Å²) in [6, 6.07) is 7.27. The number of hydrogen-bond acceptors (Lipinski definition) is 6. The van der Waals surface area contributed by atoms with Crippen molar-refractivity contribution < 1.29 is 9.53 Å². The molecule has 1 aromatic carbocycles. The lowest BCUT2D eigenvalue weighted by atomic mass is 10.1. The molecule has 3 aromatic rings. The van der Waals surface area contributed by atoms with Crippen molar-refractivity contribution in [3.8, 4) is 0 Å². The Morgan fingerprint density at radius 1 is 1.29 bits per heavy atom. The third kappa shape index (κ3) is 2.53. The van der Waals surface area contributed by atoms with Gasteiger partial charge >= 0.3 is 5.97 Å². The van der Waals surface area contributed by atoms with Gasteiger partial charge < -0.3 is 10.1 Å². The number of nitrogens with one attached hydrogen (secondary N) is 1. The molecule has 0 atom stereocenters. The zero-order valence-electron chi connectivity index (χ0n) is 13.5. The number of rotatable bonds is 3. The molecule has 1 aliphatic carbocycles. The van der Waals surface area contributed by atoms with Crippen molar-refractivity contribution >= 4 is 39.0 Å². The highest BCUT2D eigenvalue weighted by Crippen LogP contribution is 2.40. The Labute approximate surface area is 143 Å². The molecule has 5 nitrogen and oxygen atoms in total. The van der Waals surface area contributed by atoms with Gasteiger partial charge in [-0.2, -0.15) is 0 Å². The van der Waals surface area contributed by atoms with E-state index >= 15 is 0 Å². The van der Waals surface area contributed by atoms with Crippen LogP contribution in [-0.2, 0) is 17.6 Å². The van der Waals surface area contributed by atoms with Crippen molar-refractivity contribution in [3.63, 3.8) is 0 Å². The van der Waals surface area contributed by atoms with Crippen LogP contribution in [0.4, 0.5) is 11.5 Å². The van der Waals surface area contributed by atoms with E-state index in [1.165, 1.54) is 24.0 Å². The Bertz CT molecular complexity index is 949. The molecule has 0 bridgehead atoms. The van der Waals surface area contributed by atoms with E-state index in [1.54, 1.807) is 23.5 Å². The van der Waals surface area contributed by atoms with E-state index in [9.17, 15) is 4.79 Å². The van der Waals surface area contributed by atoms with Crippen LogP contribution in [0.5, 0.6) is 0 Å². The second-order valence-electron chi connectivity index (χ2n) is 5.85. The summed E-state index contributed by atoms with van der Waals surface area (Å²) in [5.41, 5.74) is 2.71. The maximum Gasteiger partial charge on any atom is 0.337 e. The molecule has 122 valence electrons. The molecule has 0 aliphatic heterocycles. The van der Waals surface area contributed by atoms with Gasteiger partial charge in [0.2, 0.25) is 0 Å². The Morgan fingerprint density at radius 3 is 3.00 bits per heavy atom. The van der Waals surface area contributed by atoms with E-state index < -0.39 is 0 Å². The summed E-state index contributed by atoms with van der Waals surface area (Å²) in [5, 5.41) is 4.50. The summed E-state index contributed by atoms with van der Waals surface area (Å²) in [4.78, 5) is 23.4. The first kappa shape index (κ1) is 15.1. The number of benzene rings is 1. The molecule has 24 heavy (non-hydrogen) atoms. The van der Waals surface area contributed by atoms with Gasteiger partial charge in [0.25, 0.3) is 0 Å². The van der Waals surface area contributed by atoms with Crippen molar-refractivity contribution in [1.29, 1.82) is 0 Å². The molecule has 0 saturated carbocycles. The summed E-state index contributed by atoms with van der Waals surface area (Å²) in [5.74, 6) is 1.21. The number of thiophene rings is 1. The van der Waals surface area contributed by atoms with Crippen molar-refractivity contribution in [1.82, 2.24) is 9.97 Å². The van der Waals surface area contributed by atoms with Crippen molar-refractivity contribution in [2.75, 3.05) is 12.4 Å². The summed E-state index contributed by atoms with van der Waals surface area (Å²) in [6.45, 7) is 1.90. The number of carbonyl (C=O) groups is 1. The molecule has 0 unspecified atom stereocenters. The fourth-order valence-electron chi connectivity index (χ4n) is 3.17. The summed E-state index contributed by atoms with van der Waals surface area (Å²) >= 11 is 1.77. The van der Waals surface area contributed by atoms with E-state index in [4.69, 9.17) is 4.74 Å². The molecule has 0 radical (unpaired) electrons. The zero-order valence-corrected chi connectivity index (χ0v) is 14.4. The van der Waals surface area contributed by atoms with Crippen molar-refractivity contribution in [2.45, 2.75) is 26.2 Å². The van der Waals surface area contributed by atoms with Gasteiger partial charge in [0, 0.05) is 10.6 Å². The van der Waals surface area contributed by atoms with Crippen LogP contribution in [0.25, 0.3) is 10.2 Å². The predicted molar refractivity (Wildman–Crippen MR) is 95.2 cm³/mol. The SMILES string of the molecule is COC(=O)c1cccc(Nc2nc(C)nc3sc4c(c23)CCC4)c1. The third-order valence-corrected chi connectivity index (χ3v) is 5.41. The highest BCUT2D eigenvalue weighted by molar-refractivity contribution is 7.19. The number of hydrogen-bond donors (Lipinski definition) is 1. The second-order valence-corrected chi connectivity index (χ2v) is 6.94. The van der Waals surface area contributed by atoms with Crippen LogP contribution in [0.2, 0.25) is 0 Å². The highest BCUT2D eigenvalue weighted by atomic mass is 32.1. The summed E-state index contributed by atoms with van der Waals surface area (Å²) < 4.78 is 4.79. The molecule has 6 heteroatoms. The van der Waals surface area contributed by atoms with Crippen LogP contribution < -0.4 is 5.32 Å². The molecule has 0 saturated heterocycles. The lowest BCUT2D eigenvalue weighted by Crippen LogP contribution is -2.03. The molecular formula is C18H17N3O2S. The number of carbonyl (C=O) groups excluding carboxylic acids is 1. The minimum absolute atomic E-state index is 0.348. The molecule has 1 aliphatic rings. The fraction of sp³-hybridized carbons (Fsp3) is 0.278. The summed E-state index contributed by atoms with van der Waals surface area (Å²) in [6.07, 6.45) is 3.41. The van der Waals surface area contributed by atoms with Crippen LogP contribution in [0, 0.1) is 6.92 Å². The first-order valence-electron chi connectivity index (χ1n) is 7.90. The van der Waals surface area contributed by atoms with Gasteiger partial charge in [-0.25, -0.2) is 14.8 Å². The minimum Gasteiger partial charge on any atom is -0.465 e. The van der Waals surface area contributed by atoms with E-state index in [0.29, 0.717) is 5.56 Å². The number of aromatic nitrogens is 2. The molecule has 4 rings (SSSR count). The van der Waals surface area contributed by atoms with Gasteiger partial charge in [0.15, 0.2) is 0 Å². The molecule has 0 fully saturated rings. The molecular weight excluding hydrogens is 322 g/mol. The van der Waals surface area contributed by atoms with Crippen LogP contribution in [0.15, 0.2) is 24.3 Å². The topological polar surface area (TPSA) is 64.1 Å². The van der Waals surface area contributed by atoms with Crippen molar-refractivity contribution in [2.24, 2.45) is 0 Å². The fourth-order valence-corrected chi connectivity index (χ4v) is 4.48. The van der Waals surface area contributed by atoms with E-state index in [-0.39, 0.29) is 5.97 Å². The number of fused-ring (bicyclic) bond motifs is 3. The minimum atomic E-state index is -0.348. The van der Waals surface area contributed by atoms with E-state index in [1.807, 2.05) is 19.1 Å². The highest BCUT2D eigenvalue weighted by Gasteiger charge is 2.22. The van der Waals surface area contributed by atoms with Crippen molar-refractivity contribution in [3.05, 3.63) is 46.1 Å². The van der Waals surface area contributed by atoms with Crippen LogP contribution in [0.3, 0.4) is 0 Å². The summed E-state index contributed by atoms with van der Waals surface area (Å²) in [7, 11) is 1.38. The largest absolute Gasteiger partial charge is 0.465 e. The number of aryl methyl sites for hydroxylation is 3. The van der Waals surface area contributed by atoms with Crippen LogP contribution in [0.1, 0.15) is 33.0 Å². The third-order valence-electron chi connectivity index (χ3n) is 4.22. The average Bonchev–Trinajstić information content (AvgIpc) is 3.14. The Hall–Kier alpha value is -2.47.